The number of hydrogen-bond acceptors (Lipinski definition) is 3. The summed E-state index contributed by atoms with van der Waals surface area (Å²) in [4.78, 5) is 23.2. The number of benzene rings is 1. The van der Waals surface area contributed by atoms with Gasteiger partial charge in [-0.1, -0.05) is 11.6 Å². The summed E-state index contributed by atoms with van der Waals surface area (Å²) >= 11 is 5.93. The first-order valence-corrected chi connectivity index (χ1v) is 6.42. The van der Waals surface area contributed by atoms with Gasteiger partial charge < -0.3 is 16.0 Å². The van der Waals surface area contributed by atoms with E-state index in [9.17, 15) is 9.59 Å². The molecule has 0 spiro atoms. The molecule has 0 aliphatic heterocycles. The van der Waals surface area contributed by atoms with Crippen molar-refractivity contribution < 1.29 is 9.59 Å². The number of amides is 2. The molecule has 0 aliphatic rings. The molecule has 0 heterocycles. The first kappa shape index (κ1) is 15.5. The Morgan fingerprint density at radius 1 is 1.26 bits per heavy atom. The molecule has 0 saturated heterocycles. The van der Waals surface area contributed by atoms with Crippen LogP contribution in [0.4, 0.5) is 5.69 Å². The Labute approximate surface area is 117 Å². The molecule has 0 unspecified atom stereocenters. The number of rotatable bonds is 6. The maximum atomic E-state index is 11.7. The van der Waals surface area contributed by atoms with Crippen molar-refractivity contribution in [2.45, 2.75) is 12.8 Å². The summed E-state index contributed by atoms with van der Waals surface area (Å²) in [5, 5.41) is 8.57. The van der Waals surface area contributed by atoms with E-state index in [4.69, 9.17) is 11.6 Å². The molecule has 1 rings (SSSR count). The average Bonchev–Trinajstić information content (AvgIpc) is 2.40. The van der Waals surface area contributed by atoms with Gasteiger partial charge in [-0.15, -0.1) is 0 Å². The standard InChI is InChI=1S/C13H18ClN3O2/c1-15-7-3-4-12(18)17-9-5-6-11(14)10(8-9)13(19)16-2/h5-6,8,15H,3-4,7H2,1-2H3,(H,16,19)(H,17,18). The Morgan fingerprint density at radius 3 is 2.63 bits per heavy atom. The Bertz CT molecular complexity index is 463. The van der Waals surface area contributed by atoms with E-state index in [-0.39, 0.29) is 11.8 Å². The van der Waals surface area contributed by atoms with E-state index >= 15 is 0 Å². The lowest BCUT2D eigenvalue weighted by Gasteiger charge is -2.08. The lowest BCUT2D eigenvalue weighted by Crippen LogP contribution is -2.19. The molecule has 0 aromatic heterocycles. The van der Waals surface area contributed by atoms with Crippen LogP contribution in [0.3, 0.4) is 0 Å². The zero-order valence-corrected chi connectivity index (χ0v) is 11.8. The van der Waals surface area contributed by atoms with Crippen LogP contribution in [0.1, 0.15) is 23.2 Å². The number of carbonyl (C=O) groups is 2. The van der Waals surface area contributed by atoms with Crippen LogP contribution in [0.25, 0.3) is 0 Å². The molecule has 1 aromatic rings. The van der Waals surface area contributed by atoms with E-state index in [1.165, 1.54) is 7.05 Å². The van der Waals surface area contributed by atoms with E-state index < -0.39 is 0 Å². The fourth-order valence-electron chi connectivity index (χ4n) is 1.56. The lowest BCUT2D eigenvalue weighted by atomic mass is 10.2. The number of halogens is 1. The highest BCUT2D eigenvalue weighted by atomic mass is 35.5. The summed E-state index contributed by atoms with van der Waals surface area (Å²) in [6.07, 6.45) is 1.19. The van der Waals surface area contributed by atoms with Crippen LogP contribution < -0.4 is 16.0 Å². The van der Waals surface area contributed by atoms with Crippen LogP contribution >= 0.6 is 11.6 Å². The molecule has 0 radical (unpaired) electrons. The zero-order chi connectivity index (χ0) is 14.3. The predicted octanol–water partition coefficient (Wildman–Crippen LogP) is 1.64. The highest BCUT2D eigenvalue weighted by Crippen LogP contribution is 2.20. The second-order valence-corrected chi connectivity index (χ2v) is 4.44. The van der Waals surface area contributed by atoms with Crippen molar-refractivity contribution in [2.24, 2.45) is 0 Å². The van der Waals surface area contributed by atoms with Crippen LogP contribution in [0, 0.1) is 0 Å². The quantitative estimate of drug-likeness (QED) is 0.695. The van der Waals surface area contributed by atoms with Crippen molar-refractivity contribution in [3.63, 3.8) is 0 Å². The average molecular weight is 284 g/mol. The van der Waals surface area contributed by atoms with E-state index in [0.29, 0.717) is 22.7 Å². The molecule has 0 aliphatic carbocycles. The van der Waals surface area contributed by atoms with Crippen molar-refractivity contribution >= 4 is 29.1 Å². The Kier molecular flexibility index (Phi) is 6.32. The molecule has 1 aromatic carbocycles. The van der Waals surface area contributed by atoms with Gasteiger partial charge in [0.1, 0.15) is 0 Å². The van der Waals surface area contributed by atoms with Gasteiger partial charge in [0.15, 0.2) is 0 Å². The molecule has 5 nitrogen and oxygen atoms in total. The Balaban J connectivity index is 2.69. The van der Waals surface area contributed by atoms with Crippen LogP contribution in [0.2, 0.25) is 5.02 Å². The smallest absolute Gasteiger partial charge is 0.252 e. The van der Waals surface area contributed by atoms with Crippen LogP contribution in [0.5, 0.6) is 0 Å². The van der Waals surface area contributed by atoms with Crippen LogP contribution in [-0.4, -0.2) is 32.5 Å². The van der Waals surface area contributed by atoms with Gasteiger partial charge in [0.05, 0.1) is 10.6 Å². The fourth-order valence-corrected chi connectivity index (χ4v) is 1.76. The lowest BCUT2D eigenvalue weighted by molar-refractivity contribution is -0.116. The molecule has 0 bridgehead atoms. The second-order valence-electron chi connectivity index (χ2n) is 4.03. The van der Waals surface area contributed by atoms with Crippen molar-refractivity contribution in [3.05, 3.63) is 28.8 Å². The molecule has 2 amide bonds. The third-order valence-electron chi connectivity index (χ3n) is 2.55. The van der Waals surface area contributed by atoms with Crippen molar-refractivity contribution in [3.8, 4) is 0 Å². The van der Waals surface area contributed by atoms with Gasteiger partial charge in [-0.3, -0.25) is 9.59 Å². The molecule has 6 heteroatoms. The number of hydrogen-bond donors (Lipinski definition) is 3. The SMILES string of the molecule is CNCCCC(=O)Nc1ccc(Cl)c(C(=O)NC)c1. The van der Waals surface area contributed by atoms with Gasteiger partial charge in [-0.25, -0.2) is 0 Å². The van der Waals surface area contributed by atoms with Gasteiger partial charge in [-0.05, 0) is 38.2 Å². The summed E-state index contributed by atoms with van der Waals surface area (Å²) in [5.41, 5.74) is 0.912. The topological polar surface area (TPSA) is 70.2 Å². The number of nitrogens with one attached hydrogen (secondary N) is 3. The van der Waals surface area contributed by atoms with Crippen molar-refractivity contribution in [1.82, 2.24) is 10.6 Å². The van der Waals surface area contributed by atoms with Crippen LogP contribution in [-0.2, 0) is 4.79 Å². The minimum atomic E-state index is -0.281. The summed E-state index contributed by atoms with van der Waals surface area (Å²) in [5.74, 6) is -0.364. The van der Waals surface area contributed by atoms with Gasteiger partial charge in [0, 0.05) is 19.2 Å². The number of carbonyl (C=O) groups excluding carboxylic acids is 2. The van der Waals surface area contributed by atoms with Gasteiger partial charge in [-0.2, -0.15) is 0 Å². The summed E-state index contributed by atoms with van der Waals surface area (Å²) < 4.78 is 0. The largest absolute Gasteiger partial charge is 0.355 e. The predicted molar refractivity (Wildman–Crippen MR) is 76.6 cm³/mol. The molecule has 0 fully saturated rings. The molecule has 0 saturated carbocycles. The maximum absolute atomic E-state index is 11.7. The van der Waals surface area contributed by atoms with Crippen molar-refractivity contribution in [2.75, 3.05) is 26.0 Å². The normalized spacial score (nSPS) is 10.1. The van der Waals surface area contributed by atoms with Crippen molar-refractivity contribution in [1.29, 1.82) is 0 Å². The minimum Gasteiger partial charge on any atom is -0.355 e. The van der Waals surface area contributed by atoms with E-state index in [1.807, 2.05) is 7.05 Å². The molecular formula is C13H18ClN3O2. The van der Waals surface area contributed by atoms with E-state index in [0.717, 1.165) is 13.0 Å². The van der Waals surface area contributed by atoms with Crippen LogP contribution in [0.15, 0.2) is 18.2 Å². The zero-order valence-electron chi connectivity index (χ0n) is 11.0. The second kappa shape index (κ2) is 7.76. The molecule has 104 valence electrons. The first-order valence-electron chi connectivity index (χ1n) is 6.04. The monoisotopic (exact) mass is 283 g/mol. The summed E-state index contributed by atoms with van der Waals surface area (Å²) in [6.45, 7) is 0.789. The molecular weight excluding hydrogens is 266 g/mol. The third-order valence-corrected chi connectivity index (χ3v) is 2.88. The highest BCUT2D eigenvalue weighted by molar-refractivity contribution is 6.34. The summed E-state index contributed by atoms with van der Waals surface area (Å²) in [7, 11) is 3.37. The van der Waals surface area contributed by atoms with E-state index in [1.54, 1.807) is 18.2 Å². The Hall–Kier alpha value is -1.59. The molecule has 3 N–H and O–H groups in total. The molecule has 19 heavy (non-hydrogen) atoms. The highest BCUT2D eigenvalue weighted by Gasteiger charge is 2.10. The van der Waals surface area contributed by atoms with Gasteiger partial charge in [0.25, 0.3) is 5.91 Å². The van der Waals surface area contributed by atoms with Gasteiger partial charge >= 0.3 is 0 Å². The maximum Gasteiger partial charge on any atom is 0.252 e. The fraction of sp³-hybridized carbons (Fsp3) is 0.385. The summed E-state index contributed by atoms with van der Waals surface area (Å²) in [6, 6.07) is 4.83. The molecule has 0 atom stereocenters. The minimum absolute atomic E-state index is 0.0829. The Morgan fingerprint density at radius 2 is 2.00 bits per heavy atom. The third kappa shape index (κ3) is 4.89. The van der Waals surface area contributed by atoms with Gasteiger partial charge in [0.2, 0.25) is 5.91 Å². The van der Waals surface area contributed by atoms with E-state index in [2.05, 4.69) is 16.0 Å². The first-order chi connectivity index (χ1) is 9.08. The number of anilines is 1.